The van der Waals surface area contributed by atoms with Gasteiger partial charge in [-0.1, -0.05) is 12.1 Å². The molecule has 0 radical (unpaired) electrons. The topological polar surface area (TPSA) is 122 Å². The molecule has 0 unspecified atom stereocenters. The summed E-state index contributed by atoms with van der Waals surface area (Å²) < 4.78 is 22.3. The fourth-order valence-corrected chi connectivity index (χ4v) is 2.48. The van der Waals surface area contributed by atoms with Crippen LogP contribution in [0.15, 0.2) is 53.4 Å². The molecule has 2 aromatic rings. The second-order valence-corrected chi connectivity index (χ2v) is 6.45. The zero-order valence-electron chi connectivity index (χ0n) is 12.2. The molecule has 1 amide bonds. The van der Waals surface area contributed by atoms with Gasteiger partial charge in [0, 0.05) is 12.1 Å². The molecule has 0 spiro atoms. The number of rotatable bonds is 6. The molecule has 0 aliphatic carbocycles. The van der Waals surface area contributed by atoms with Gasteiger partial charge in [-0.15, -0.1) is 0 Å². The van der Waals surface area contributed by atoms with Crippen LogP contribution in [0.25, 0.3) is 0 Å². The van der Waals surface area contributed by atoms with Gasteiger partial charge in [-0.05, 0) is 48.4 Å². The van der Waals surface area contributed by atoms with E-state index < -0.39 is 10.0 Å². The lowest BCUT2D eigenvalue weighted by Crippen LogP contribution is -2.25. The van der Waals surface area contributed by atoms with Gasteiger partial charge >= 0.3 is 0 Å². The molecule has 23 heavy (non-hydrogen) atoms. The Balaban J connectivity index is 1.87. The maximum atomic E-state index is 11.9. The Morgan fingerprint density at radius 3 is 2.17 bits per heavy atom. The van der Waals surface area contributed by atoms with Crippen molar-refractivity contribution in [3.05, 3.63) is 59.7 Å². The number of carbonyl (C=O) groups excluding carboxylic acids is 1. The Bertz CT molecular complexity index is 771. The van der Waals surface area contributed by atoms with Gasteiger partial charge in [0.05, 0.1) is 10.6 Å². The number of nitrogens with one attached hydrogen (secondary N) is 2. The summed E-state index contributed by atoms with van der Waals surface area (Å²) in [6.45, 7) is 0.410. The molecule has 8 heteroatoms. The highest BCUT2D eigenvalue weighted by Gasteiger charge is 2.07. The largest absolute Gasteiger partial charge is 0.352 e. The average Bonchev–Trinajstić information content (AvgIpc) is 2.54. The second-order valence-electron chi connectivity index (χ2n) is 4.88. The number of hydrogen-bond donors (Lipinski definition) is 4. The fraction of sp³-hybridized carbons (Fsp3) is 0.133. The van der Waals surface area contributed by atoms with E-state index in [9.17, 15) is 13.2 Å². The van der Waals surface area contributed by atoms with Crippen LogP contribution in [0.4, 0.5) is 5.69 Å². The first-order valence-electron chi connectivity index (χ1n) is 6.80. The van der Waals surface area contributed by atoms with Gasteiger partial charge in [-0.3, -0.25) is 15.5 Å². The summed E-state index contributed by atoms with van der Waals surface area (Å²) in [6, 6.07) is 12.5. The zero-order valence-corrected chi connectivity index (χ0v) is 13.0. The molecule has 0 atom stereocenters. The van der Waals surface area contributed by atoms with E-state index in [1.807, 2.05) is 5.48 Å². The van der Waals surface area contributed by atoms with Crippen LogP contribution in [-0.4, -0.2) is 26.1 Å². The van der Waals surface area contributed by atoms with Crippen LogP contribution in [0, 0.1) is 0 Å². The number of benzene rings is 2. The lowest BCUT2D eigenvalue weighted by atomic mass is 10.1. The first-order valence-corrected chi connectivity index (χ1v) is 8.35. The van der Waals surface area contributed by atoms with Crippen molar-refractivity contribution in [1.82, 2.24) is 5.32 Å². The third-order valence-corrected chi connectivity index (χ3v) is 4.16. The van der Waals surface area contributed by atoms with Crippen LogP contribution in [-0.2, 0) is 16.4 Å². The van der Waals surface area contributed by atoms with Crippen molar-refractivity contribution in [2.45, 2.75) is 11.3 Å². The van der Waals surface area contributed by atoms with E-state index in [4.69, 9.17) is 10.3 Å². The minimum atomic E-state index is -3.69. The van der Waals surface area contributed by atoms with Gasteiger partial charge in [0.15, 0.2) is 0 Å². The zero-order chi connectivity index (χ0) is 16.9. The normalized spacial score (nSPS) is 11.0. The SMILES string of the molecule is NS(=O)(=O)c1ccc(CCNC(=O)c2ccc(NO)cc2)cc1. The summed E-state index contributed by atoms with van der Waals surface area (Å²) >= 11 is 0. The van der Waals surface area contributed by atoms with E-state index in [1.54, 1.807) is 36.4 Å². The highest BCUT2D eigenvalue weighted by molar-refractivity contribution is 7.89. The summed E-state index contributed by atoms with van der Waals surface area (Å²) in [5, 5.41) is 16.5. The van der Waals surface area contributed by atoms with E-state index in [0.29, 0.717) is 24.2 Å². The standard InChI is InChI=1S/C15H17N3O4S/c16-23(21,22)14-7-1-11(2-8-14)9-10-17-15(19)12-3-5-13(18-20)6-4-12/h1-8,18,20H,9-10H2,(H,17,19)(H2,16,21,22). The maximum absolute atomic E-state index is 11.9. The fourth-order valence-electron chi connectivity index (χ4n) is 1.96. The monoisotopic (exact) mass is 335 g/mol. The molecule has 0 aliphatic heterocycles. The Morgan fingerprint density at radius 2 is 1.65 bits per heavy atom. The molecule has 0 saturated carbocycles. The number of sulfonamides is 1. The van der Waals surface area contributed by atoms with E-state index in [2.05, 4.69) is 5.32 Å². The number of hydrogen-bond acceptors (Lipinski definition) is 5. The smallest absolute Gasteiger partial charge is 0.251 e. The van der Waals surface area contributed by atoms with Gasteiger partial charge in [0.25, 0.3) is 5.91 Å². The highest BCUT2D eigenvalue weighted by Crippen LogP contribution is 2.10. The number of amides is 1. The number of nitrogens with two attached hydrogens (primary N) is 1. The minimum absolute atomic E-state index is 0.0582. The minimum Gasteiger partial charge on any atom is -0.352 e. The number of anilines is 1. The first-order chi connectivity index (χ1) is 10.9. The third kappa shape index (κ3) is 4.78. The van der Waals surface area contributed by atoms with Crippen LogP contribution in [0.5, 0.6) is 0 Å². The van der Waals surface area contributed by atoms with Gasteiger partial charge < -0.3 is 5.32 Å². The Morgan fingerprint density at radius 1 is 1.04 bits per heavy atom. The third-order valence-electron chi connectivity index (χ3n) is 3.23. The number of carbonyl (C=O) groups is 1. The van der Waals surface area contributed by atoms with Crippen molar-refractivity contribution in [2.75, 3.05) is 12.0 Å². The van der Waals surface area contributed by atoms with Crippen molar-refractivity contribution >= 4 is 21.6 Å². The van der Waals surface area contributed by atoms with Crippen LogP contribution < -0.4 is 15.9 Å². The summed E-state index contributed by atoms with van der Waals surface area (Å²) in [7, 11) is -3.69. The predicted octanol–water partition coefficient (Wildman–Crippen LogP) is 1.11. The van der Waals surface area contributed by atoms with Crippen molar-refractivity contribution in [1.29, 1.82) is 0 Å². The molecule has 0 aliphatic rings. The van der Waals surface area contributed by atoms with E-state index in [0.717, 1.165) is 5.56 Å². The van der Waals surface area contributed by atoms with Crippen LogP contribution in [0.3, 0.4) is 0 Å². The average molecular weight is 335 g/mol. The summed E-state index contributed by atoms with van der Waals surface area (Å²) in [4.78, 5) is 12.0. The second kappa shape index (κ2) is 7.23. The predicted molar refractivity (Wildman–Crippen MR) is 85.7 cm³/mol. The Hall–Kier alpha value is -2.42. The molecule has 2 aromatic carbocycles. The molecule has 2 rings (SSSR count). The van der Waals surface area contributed by atoms with E-state index in [1.165, 1.54) is 12.1 Å². The van der Waals surface area contributed by atoms with Gasteiger partial charge in [0.1, 0.15) is 0 Å². The van der Waals surface area contributed by atoms with Crippen LogP contribution in [0.1, 0.15) is 15.9 Å². The van der Waals surface area contributed by atoms with Crippen molar-refractivity contribution in [2.24, 2.45) is 5.14 Å². The van der Waals surface area contributed by atoms with Crippen LogP contribution in [0.2, 0.25) is 0 Å². The van der Waals surface area contributed by atoms with Crippen molar-refractivity contribution in [3.8, 4) is 0 Å². The number of primary sulfonamides is 1. The maximum Gasteiger partial charge on any atom is 0.251 e. The summed E-state index contributed by atoms with van der Waals surface area (Å²) in [6.07, 6.45) is 0.562. The Kier molecular flexibility index (Phi) is 5.32. The molecule has 0 saturated heterocycles. The lowest BCUT2D eigenvalue weighted by Gasteiger charge is -2.07. The summed E-state index contributed by atoms with van der Waals surface area (Å²) in [5.41, 5.74) is 3.85. The van der Waals surface area contributed by atoms with E-state index in [-0.39, 0.29) is 10.8 Å². The van der Waals surface area contributed by atoms with Gasteiger partial charge in [-0.2, -0.15) is 0 Å². The lowest BCUT2D eigenvalue weighted by molar-refractivity contribution is 0.0954. The molecular weight excluding hydrogens is 318 g/mol. The molecule has 5 N–H and O–H groups in total. The molecule has 0 heterocycles. The van der Waals surface area contributed by atoms with E-state index >= 15 is 0 Å². The molecule has 0 fully saturated rings. The quantitative estimate of drug-likeness (QED) is 0.589. The van der Waals surface area contributed by atoms with Gasteiger partial charge in [-0.25, -0.2) is 13.6 Å². The molecular formula is C15H17N3O4S. The molecule has 0 bridgehead atoms. The first kappa shape index (κ1) is 16.9. The van der Waals surface area contributed by atoms with Crippen LogP contribution >= 0.6 is 0 Å². The molecule has 122 valence electrons. The van der Waals surface area contributed by atoms with Crippen molar-refractivity contribution in [3.63, 3.8) is 0 Å². The Labute approximate surface area is 134 Å². The van der Waals surface area contributed by atoms with Gasteiger partial charge in [0.2, 0.25) is 10.0 Å². The van der Waals surface area contributed by atoms with Crippen molar-refractivity contribution < 1.29 is 18.4 Å². The molecule has 0 aromatic heterocycles. The summed E-state index contributed by atoms with van der Waals surface area (Å²) in [5.74, 6) is -0.226. The molecule has 7 nitrogen and oxygen atoms in total. The highest BCUT2D eigenvalue weighted by atomic mass is 32.2.